The Hall–Kier alpha value is -4.53. The van der Waals surface area contributed by atoms with Gasteiger partial charge in [0.2, 0.25) is 12.3 Å². The van der Waals surface area contributed by atoms with Crippen LogP contribution in [0.5, 0.6) is 5.75 Å². The molecule has 3 aromatic rings. The van der Waals surface area contributed by atoms with Crippen LogP contribution in [0.3, 0.4) is 0 Å². The number of hydrogen-bond acceptors (Lipinski definition) is 10. The van der Waals surface area contributed by atoms with Crippen LogP contribution in [0.25, 0.3) is 11.3 Å². The Kier molecular flexibility index (Phi) is 15.6. The van der Waals surface area contributed by atoms with E-state index >= 15 is 0 Å². The van der Waals surface area contributed by atoms with E-state index in [0.29, 0.717) is 44.4 Å². The smallest absolute Gasteiger partial charge is 0.363 e. The number of unbranched alkanes of at least 4 members (excludes halogenated alkanes) is 2. The number of carbonyl (C=O) groups excluding carboxylic acids is 4. The van der Waals surface area contributed by atoms with Gasteiger partial charge in [-0.3, -0.25) is 23.8 Å². The van der Waals surface area contributed by atoms with Gasteiger partial charge in [0.15, 0.2) is 5.76 Å². The van der Waals surface area contributed by atoms with Crippen LogP contribution in [0, 0.1) is 5.92 Å². The third kappa shape index (κ3) is 12.0. The number of nitrogens with one attached hydrogen (secondary N) is 2. The molecule has 1 aliphatic heterocycles. The highest BCUT2D eigenvalue weighted by atomic mass is 31.2. The van der Waals surface area contributed by atoms with Crippen molar-refractivity contribution in [3.8, 4) is 17.1 Å². The summed E-state index contributed by atoms with van der Waals surface area (Å²) in [5, 5.41) is 5.92. The SMILES string of the molecule is CCCCCC(C(=O)NCNC(=O)c1ccc(-c2cc(OCC)cc(P(=O)(O)O)c2)o1)[C@@H](CC)N(C=O)OC(=O)c1ccc(CN2CCOCC2)cc1. The lowest BCUT2D eigenvalue weighted by Gasteiger charge is -2.31. The average molecular weight is 757 g/mol. The Bertz CT molecular complexity index is 1720. The summed E-state index contributed by atoms with van der Waals surface area (Å²) in [6.45, 7) is 9.30. The maximum atomic E-state index is 13.6. The van der Waals surface area contributed by atoms with Crippen molar-refractivity contribution in [1.29, 1.82) is 0 Å². The molecule has 15 nitrogen and oxygen atoms in total. The number of benzene rings is 2. The molecule has 1 aromatic heterocycles. The molecule has 1 unspecified atom stereocenters. The molecular formula is C37H49N4O11P. The highest BCUT2D eigenvalue weighted by molar-refractivity contribution is 7.60. The van der Waals surface area contributed by atoms with Gasteiger partial charge in [-0.1, -0.05) is 45.2 Å². The van der Waals surface area contributed by atoms with Crippen LogP contribution >= 0.6 is 7.60 Å². The summed E-state index contributed by atoms with van der Waals surface area (Å²) < 4.78 is 28.5. The van der Waals surface area contributed by atoms with Crippen LogP contribution < -0.4 is 20.7 Å². The van der Waals surface area contributed by atoms with E-state index in [1.54, 1.807) is 26.0 Å². The van der Waals surface area contributed by atoms with Gasteiger partial charge in [0.1, 0.15) is 11.5 Å². The maximum Gasteiger partial charge on any atom is 0.363 e. The van der Waals surface area contributed by atoms with E-state index in [9.17, 15) is 33.5 Å². The Balaban J connectivity index is 1.38. The Labute approximate surface area is 309 Å². The normalized spacial score (nSPS) is 14.5. The van der Waals surface area contributed by atoms with Crippen molar-refractivity contribution in [2.45, 2.75) is 65.5 Å². The van der Waals surface area contributed by atoms with E-state index in [0.717, 1.165) is 43.1 Å². The first kappa shape index (κ1) is 41.2. The van der Waals surface area contributed by atoms with Crippen molar-refractivity contribution in [1.82, 2.24) is 20.6 Å². The summed E-state index contributed by atoms with van der Waals surface area (Å²) in [5.74, 6) is -2.29. The molecule has 2 aromatic carbocycles. The molecule has 1 saturated heterocycles. The lowest BCUT2D eigenvalue weighted by Crippen LogP contribution is -2.49. The van der Waals surface area contributed by atoms with Gasteiger partial charge in [-0.15, -0.1) is 0 Å². The molecule has 2 heterocycles. The molecule has 0 radical (unpaired) electrons. The van der Waals surface area contributed by atoms with Crippen LogP contribution in [0.2, 0.25) is 0 Å². The summed E-state index contributed by atoms with van der Waals surface area (Å²) >= 11 is 0. The highest BCUT2D eigenvalue weighted by Crippen LogP contribution is 2.37. The molecule has 4 N–H and O–H groups in total. The minimum absolute atomic E-state index is 0.104. The summed E-state index contributed by atoms with van der Waals surface area (Å²) in [6, 6.07) is 13.1. The van der Waals surface area contributed by atoms with Gasteiger partial charge in [-0.2, -0.15) is 5.06 Å². The van der Waals surface area contributed by atoms with Crippen molar-refractivity contribution in [3.05, 3.63) is 71.5 Å². The third-order valence-corrected chi connectivity index (χ3v) is 9.75. The predicted octanol–water partition coefficient (Wildman–Crippen LogP) is 3.99. The average Bonchev–Trinajstić information content (AvgIpc) is 3.65. The van der Waals surface area contributed by atoms with Crippen molar-refractivity contribution >= 4 is 37.1 Å². The first-order valence-electron chi connectivity index (χ1n) is 17.8. The number of morpholine rings is 1. The molecule has 2 atom stereocenters. The second-order valence-electron chi connectivity index (χ2n) is 12.6. The molecular weight excluding hydrogens is 707 g/mol. The van der Waals surface area contributed by atoms with E-state index < -0.39 is 37.3 Å². The fourth-order valence-electron chi connectivity index (χ4n) is 6.02. The molecule has 0 saturated carbocycles. The summed E-state index contributed by atoms with van der Waals surface area (Å²) in [5.41, 5.74) is 1.58. The number of furan rings is 1. The van der Waals surface area contributed by atoms with Crippen LogP contribution in [0.4, 0.5) is 0 Å². The molecule has 16 heteroatoms. The summed E-state index contributed by atoms with van der Waals surface area (Å²) in [6.07, 6.45) is 3.55. The number of ether oxygens (including phenoxy) is 2. The van der Waals surface area contributed by atoms with Crippen molar-refractivity contribution in [2.75, 3.05) is 39.6 Å². The maximum absolute atomic E-state index is 13.6. The zero-order chi connectivity index (χ0) is 38.4. The number of rotatable bonds is 20. The highest BCUT2D eigenvalue weighted by Gasteiger charge is 2.34. The number of amides is 3. The lowest BCUT2D eigenvalue weighted by atomic mass is 9.90. The first-order chi connectivity index (χ1) is 25.5. The third-order valence-electron chi connectivity index (χ3n) is 8.82. The van der Waals surface area contributed by atoms with E-state index in [4.69, 9.17) is 18.7 Å². The van der Waals surface area contributed by atoms with Gasteiger partial charge in [-0.25, -0.2) is 4.79 Å². The molecule has 0 aliphatic carbocycles. The zero-order valence-corrected chi connectivity index (χ0v) is 31.2. The Morgan fingerprint density at radius 2 is 1.74 bits per heavy atom. The van der Waals surface area contributed by atoms with E-state index in [1.165, 1.54) is 30.3 Å². The van der Waals surface area contributed by atoms with Gasteiger partial charge in [0.05, 0.1) is 49.3 Å². The van der Waals surface area contributed by atoms with Crippen LogP contribution in [-0.2, 0) is 30.3 Å². The Morgan fingerprint density at radius 3 is 2.38 bits per heavy atom. The fraction of sp³-hybridized carbons (Fsp3) is 0.459. The van der Waals surface area contributed by atoms with E-state index in [-0.39, 0.29) is 41.4 Å². The van der Waals surface area contributed by atoms with Gasteiger partial charge >= 0.3 is 13.6 Å². The van der Waals surface area contributed by atoms with E-state index in [2.05, 4.69) is 15.5 Å². The van der Waals surface area contributed by atoms with Crippen molar-refractivity contribution < 1.29 is 52.3 Å². The fourth-order valence-corrected chi connectivity index (χ4v) is 6.63. The minimum Gasteiger partial charge on any atom is -0.494 e. The van der Waals surface area contributed by atoms with Gasteiger partial charge in [0, 0.05) is 25.2 Å². The lowest BCUT2D eigenvalue weighted by molar-refractivity contribution is -0.171. The quantitative estimate of drug-likeness (QED) is 0.0426. The van der Waals surface area contributed by atoms with Crippen molar-refractivity contribution in [2.24, 2.45) is 5.92 Å². The van der Waals surface area contributed by atoms with E-state index in [1.807, 2.05) is 19.1 Å². The second-order valence-corrected chi connectivity index (χ2v) is 14.2. The number of hydroxylamine groups is 2. The van der Waals surface area contributed by atoms with Crippen LogP contribution in [0.1, 0.15) is 79.4 Å². The molecule has 3 amide bonds. The summed E-state index contributed by atoms with van der Waals surface area (Å²) in [4.78, 5) is 79.1. The van der Waals surface area contributed by atoms with Gasteiger partial charge < -0.3 is 39.1 Å². The molecule has 4 rings (SSSR count). The molecule has 1 aliphatic rings. The van der Waals surface area contributed by atoms with Crippen LogP contribution in [-0.4, -0.2) is 89.6 Å². The number of hydrogen-bond donors (Lipinski definition) is 4. The number of nitrogens with zero attached hydrogens (tertiary/aromatic N) is 2. The van der Waals surface area contributed by atoms with Crippen molar-refractivity contribution in [3.63, 3.8) is 0 Å². The molecule has 0 bridgehead atoms. The Morgan fingerprint density at radius 1 is 1.00 bits per heavy atom. The first-order valence-corrected chi connectivity index (χ1v) is 19.4. The van der Waals surface area contributed by atoms with Crippen LogP contribution in [0.15, 0.2) is 59.0 Å². The van der Waals surface area contributed by atoms with Gasteiger partial charge in [0.25, 0.3) is 5.91 Å². The summed E-state index contributed by atoms with van der Waals surface area (Å²) in [7, 11) is -4.61. The molecule has 288 valence electrons. The topological polar surface area (TPSA) is 197 Å². The molecule has 53 heavy (non-hydrogen) atoms. The largest absolute Gasteiger partial charge is 0.494 e. The number of carbonyl (C=O) groups is 4. The zero-order valence-electron chi connectivity index (χ0n) is 30.3. The second kappa shape index (κ2) is 20.1. The monoisotopic (exact) mass is 756 g/mol. The molecule has 1 fully saturated rings. The standard InChI is InChI=1S/C37H49N4O11P/c1-4-7-8-9-31(32(5-2)41(25-42)52-37(45)27-12-10-26(11-13-27)23-40-16-18-49-19-17-40)35(43)38-24-39-36(44)34-15-14-33(51-34)28-20-29(50-6-3)22-30(21-28)53(46,47)48/h10-15,20-22,25,31-32H,4-9,16-19,23-24H2,1-3H3,(H,38,43)(H,39,44)(H2,46,47,48)/t31?,32-/m1/s1. The molecule has 0 spiro atoms. The predicted molar refractivity (Wildman–Crippen MR) is 195 cm³/mol. The van der Waals surface area contributed by atoms with Gasteiger partial charge in [-0.05, 0) is 67.8 Å². The minimum atomic E-state index is -4.61.